The number of nitrogens with one attached hydrogen (secondary N) is 1. The molecule has 0 aliphatic rings. The predicted octanol–water partition coefficient (Wildman–Crippen LogP) is 4.03. The van der Waals surface area contributed by atoms with Crippen molar-refractivity contribution >= 4 is 16.7 Å². The lowest BCUT2D eigenvalue weighted by Gasteiger charge is -2.12. The van der Waals surface area contributed by atoms with Crippen molar-refractivity contribution in [3.63, 3.8) is 0 Å². The van der Waals surface area contributed by atoms with Crippen LogP contribution in [0.1, 0.15) is 11.1 Å². The van der Waals surface area contributed by atoms with E-state index < -0.39 is 0 Å². The fourth-order valence-corrected chi connectivity index (χ4v) is 2.75. The first-order valence-electron chi connectivity index (χ1n) is 8.71. The third-order valence-corrected chi connectivity index (χ3v) is 4.35. The summed E-state index contributed by atoms with van der Waals surface area (Å²) >= 11 is 0. The van der Waals surface area contributed by atoms with E-state index in [1.165, 1.54) is 5.56 Å². The number of carbonyl (C=O) groups excluding carboxylic acids is 1. The monoisotopic (exact) mass is 349 g/mol. The van der Waals surface area contributed by atoms with Crippen LogP contribution in [0.25, 0.3) is 10.8 Å². The van der Waals surface area contributed by atoms with Crippen LogP contribution in [0.4, 0.5) is 0 Å². The van der Waals surface area contributed by atoms with Gasteiger partial charge >= 0.3 is 0 Å². The SMILES string of the molecule is Cc1cccc(OCCNC(=O)COc2cccc3ccccc23)c1C. The Morgan fingerprint density at radius 1 is 0.885 bits per heavy atom. The van der Waals surface area contributed by atoms with Crippen molar-refractivity contribution in [3.8, 4) is 11.5 Å². The Balaban J connectivity index is 1.45. The second-order valence-electron chi connectivity index (χ2n) is 6.16. The number of carbonyl (C=O) groups is 1. The second-order valence-corrected chi connectivity index (χ2v) is 6.16. The lowest BCUT2D eigenvalue weighted by Crippen LogP contribution is -2.32. The highest BCUT2D eigenvalue weighted by atomic mass is 16.5. The molecule has 1 amide bonds. The molecule has 3 aromatic carbocycles. The van der Waals surface area contributed by atoms with Gasteiger partial charge in [0, 0.05) is 5.39 Å². The minimum Gasteiger partial charge on any atom is -0.491 e. The Morgan fingerprint density at radius 2 is 1.62 bits per heavy atom. The van der Waals surface area contributed by atoms with Crippen LogP contribution >= 0.6 is 0 Å². The molecule has 1 N–H and O–H groups in total. The third kappa shape index (κ3) is 4.33. The van der Waals surface area contributed by atoms with Crippen molar-refractivity contribution in [3.05, 3.63) is 71.8 Å². The molecule has 134 valence electrons. The molecule has 0 saturated heterocycles. The maximum atomic E-state index is 12.0. The van der Waals surface area contributed by atoms with Gasteiger partial charge in [0.1, 0.15) is 18.1 Å². The fraction of sp³-hybridized carbons (Fsp3) is 0.227. The largest absolute Gasteiger partial charge is 0.491 e. The zero-order chi connectivity index (χ0) is 18.4. The molecule has 0 atom stereocenters. The Morgan fingerprint density at radius 3 is 2.50 bits per heavy atom. The van der Waals surface area contributed by atoms with Gasteiger partial charge in [-0.25, -0.2) is 0 Å². The van der Waals surface area contributed by atoms with E-state index in [9.17, 15) is 4.79 Å². The molecule has 0 saturated carbocycles. The Hall–Kier alpha value is -3.01. The number of hydrogen-bond donors (Lipinski definition) is 1. The summed E-state index contributed by atoms with van der Waals surface area (Å²) in [6, 6.07) is 19.7. The van der Waals surface area contributed by atoms with E-state index in [0.717, 1.165) is 22.1 Å². The molecule has 0 radical (unpaired) electrons. The van der Waals surface area contributed by atoms with Crippen molar-refractivity contribution in [2.45, 2.75) is 13.8 Å². The van der Waals surface area contributed by atoms with E-state index in [-0.39, 0.29) is 12.5 Å². The normalized spacial score (nSPS) is 10.5. The van der Waals surface area contributed by atoms with E-state index in [0.29, 0.717) is 18.9 Å². The average molecular weight is 349 g/mol. The molecule has 3 aromatic rings. The molecule has 0 aliphatic carbocycles. The van der Waals surface area contributed by atoms with Crippen LogP contribution in [0.3, 0.4) is 0 Å². The van der Waals surface area contributed by atoms with Crippen molar-refractivity contribution in [1.29, 1.82) is 0 Å². The first-order valence-corrected chi connectivity index (χ1v) is 8.71. The molecular formula is C22H23NO3. The van der Waals surface area contributed by atoms with E-state index in [2.05, 4.69) is 18.3 Å². The molecule has 0 fully saturated rings. The van der Waals surface area contributed by atoms with E-state index in [1.807, 2.05) is 61.5 Å². The maximum Gasteiger partial charge on any atom is 0.258 e. The van der Waals surface area contributed by atoms with Gasteiger partial charge in [-0.15, -0.1) is 0 Å². The minimum absolute atomic E-state index is 0.0164. The van der Waals surface area contributed by atoms with Crippen LogP contribution in [-0.4, -0.2) is 25.7 Å². The second kappa shape index (κ2) is 8.39. The Bertz CT molecular complexity index is 900. The summed E-state index contributed by atoms with van der Waals surface area (Å²) in [6.45, 7) is 4.92. The zero-order valence-corrected chi connectivity index (χ0v) is 15.1. The molecular weight excluding hydrogens is 326 g/mol. The third-order valence-electron chi connectivity index (χ3n) is 4.35. The van der Waals surface area contributed by atoms with Crippen LogP contribution in [0.5, 0.6) is 11.5 Å². The van der Waals surface area contributed by atoms with Gasteiger partial charge in [-0.1, -0.05) is 48.5 Å². The number of aryl methyl sites for hydroxylation is 1. The molecule has 0 aromatic heterocycles. The Labute approximate surface area is 153 Å². The van der Waals surface area contributed by atoms with E-state index >= 15 is 0 Å². The summed E-state index contributed by atoms with van der Waals surface area (Å²) in [5.41, 5.74) is 2.31. The number of amides is 1. The number of rotatable bonds is 7. The molecule has 0 aliphatic heterocycles. The first kappa shape index (κ1) is 17.8. The number of ether oxygens (including phenoxy) is 2. The van der Waals surface area contributed by atoms with E-state index in [1.54, 1.807) is 0 Å². The lowest BCUT2D eigenvalue weighted by atomic mass is 10.1. The standard InChI is InChI=1S/C22H23NO3/c1-16-7-5-11-20(17(16)2)25-14-13-23-22(24)15-26-21-12-6-9-18-8-3-4-10-19(18)21/h3-12H,13-15H2,1-2H3,(H,23,24). The van der Waals surface area contributed by atoms with Crippen LogP contribution in [-0.2, 0) is 4.79 Å². The molecule has 0 bridgehead atoms. The van der Waals surface area contributed by atoms with Crippen molar-refractivity contribution in [1.82, 2.24) is 5.32 Å². The molecule has 0 heterocycles. The fourth-order valence-electron chi connectivity index (χ4n) is 2.75. The van der Waals surface area contributed by atoms with Crippen molar-refractivity contribution in [2.75, 3.05) is 19.8 Å². The van der Waals surface area contributed by atoms with Crippen molar-refractivity contribution < 1.29 is 14.3 Å². The molecule has 0 unspecified atom stereocenters. The number of hydrogen-bond acceptors (Lipinski definition) is 3. The highest BCUT2D eigenvalue weighted by Gasteiger charge is 2.06. The van der Waals surface area contributed by atoms with Gasteiger partial charge in [-0.2, -0.15) is 0 Å². The first-order chi connectivity index (χ1) is 12.6. The molecule has 4 nitrogen and oxygen atoms in total. The van der Waals surface area contributed by atoms with Gasteiger partial charge < -0.3 is 14.8 Å². The summed E-state index contributed by atoms with van der Waals surface area (Å²) < 4.78 is 11.4. The number of benzene rings is 3. The number of fused-ring (bicyclic) bond motifs is 1. The van der Waals surface area contributed by atoms with Gasteiger partial charge in [-0.3, -0.25) is 4.79 Å². The molecule has 26 heavy (non-hydrogen) atoms. The van der Waals surface area contributed by atoms with Gasteiger partial charge in [0.25, 0.3) is 5.91 Å². The lowest BCUT2D eigenvalue weighted by molar-refractivity contribution is -0.123. The average Bonchev–Trinajstić information content (AvgIpc) is 2.66. The summed E-state index contributed by atoms with van der Waals surface area (Å²) in [7, 11) is 0. The molecule has 3 rings (SSSR count). The topological polar surface area (TPSA) is 47.6 Å². The Kier molecular flexibility index (Phi) is 5.74. The smallest absolute Gasteiger partial charge is 0.258 e. The molecule has 0 spiro atoms. The van der Waals surface area contributed by atoms with Crippen LogP contribution in [0, 0.1) is 13.8 Å². The summed E-state index contributed by atoms with van der Waals surface area (Å²) in [4.78, 5) is 12.0. The van der Waals surface area contributed by atoms with Crippen LogP contribution in [0.2, 0.25) is 0 Å². The minimum atomic E-state index is -0.164. The summed E-state index contributed by atoms with van der Waals surface area (Å²) in [5.74, 6) is 1.40. The zero-order valence-electron chi connectivity index (χ0n) is 15.1. The van der Waals surface area contributed by atoms with Gasteiger partial charge in [-0.05, 0) is 42.5 Å². The summed E-state index contributed by atoms with van der Waals surface area (Å²) in [6.07, 6.45) is 0. The summed E-state index contributed by atoms with van der Waals surface area (Å²) in [5, 5.41) is 4.91. The van der Waals surface area contributed by atoms with Crippen LogP contribution < -0.4 is 14.8 Å². The maximum absolute atomic E-state index is 12.0. The van der Waals surface area contributed by atoms with Gasteiger partial charge in [0.2, 0.25) is 0 Å². The molecule has 4 heteroatoms. The van der Waals surface area contributed by atoms with Crippen LogP contribution in [0.15, 0.2) is 60.7 Å². The quantitative estimate of drug-likeness (QED) is 0.655. The highest BCUT2D eigenvalue weighted by molar-refractivity contribution is 5.88. The van der Waals surface area contributed by atoms with Crippen molar-refractivity contribution in [2.24, 2.45) is 0 Å². The van der Waals surface area contributed by atoms with Gasteiger partial charge in [0.05, 0.1) is 6.54 Å². The highest BCUT2D eigenvalue weighted by Crippen LogP contribution is 2.25. The predicted molar refractivity (Wildman–Crippen MR) is 104 cm³/mol. The van der Waals surface area contributed by atoms with Gasteiger partial charge in [0.15, 0.2) is 6.61 Å². The van der Waals surface area contributed by atoms with E-state index in [4.69, 9.17) is 9.47 Å².